The Labute approximate surface area is 103 Å². The second kappa shape index (κ2) is 6.64. The van der Waals surface area contributed by atoms with E-state index in [0.717, 1.165) is 38.2 Å². The van der Waals surface area contributed by atoms with E-state index in [0.29, 0.717) is 0 Å². The number of anilines is 1. The monoisotopic (exact) mass is 237 g/mol. The number of nitrogens with one attached hydrogen (secondary N) is 1. The number of ether oxygens (including phenoxy) is 1. The third kappa shape index (κ3) is 3.73. The Morgan fingerprint density at radius 3 is 3.06 bits per heavy atom. The van der Waals surface area contributed by atoms with E-state index in [2.05, 4.69) is 28.0 Å². The largest absolute Gasteiger partial charge is 0.381 e. The lowest BCUT2D eigenvalue weighted by molar-refractivity contribution is 0.0614. The number of imidazole rings is 1. The number of hydrogen-bond acceptors (Lipinski definition) is 3. The third-order valence-corrected chi connectivity index (χ3v) is 3.32. The van der Waals surface area contributed by atoms with Crippen LogP contribution in [0.25, 0.3) is 0 Å². The first-order valence-electron chi connectivity index (χ1n) is 6.73. The zero-order chi connectivity index (χ0) is 11.9. The molecule has 0 amide bonds. The fraction of sp³-hybridized carbons (Fsp3) is 0.769. The van der Waals surface area contributed by atoms with Gasteiger partial charge in [-0.05, 0) is 25.2 Å². The summed E-state index contributed by atoms with van der Waals surface area (Å²) in [4.78, 5) is 4.37. The Morgan fingerprint density at radius 1 is 1.47 bits per heavy atom. The molecule has 0 atom stereocenters. The molecular weight excluding hydrogens is 214 g/mol. The molecule has 1 N–H and O–H groups in total. The molecular formula is C13H23N3O. The zero-order valence-electron chi connectivity index (χ0n) is 10.7. The number of rotatable bonds is 6. The lowest BCUT2D eigenvalue weighted by Crippen LogP contribution is -2.21. The highest BCUT2D eigenvalue weighted by Gasteiger charge is 2.15. The highest BCUT2D eigenvalue weighted by atomic mass is 16.5. The maximum absolute atomic E-state index is 5.39. The van der Waals surface area contributed by atoms with Gasteiger partial charge < -0.3 is 14.6 Å². The zero-order valence-corrected chi connectivity index (χ0v) is 10.7. The molecule has 0 saturated carbocycles. The van der Waals surface area contributed by atoms with Crippen molar-refractivity contribution in [3.63, 3.8) is 0 Å². The van der Waals surface area contributed by atoms with Crippen molar-refractivity contribution in [3.8, 4) is 0 Å². The Morgan fingerprint density at radius 2 is 2.29 bits per heavy atom. The molecule has 4 nitrogen and oxygen atoms in total. The number of unbranched alkanes of at least 4 members (excludes halogenated alkanes) is 1. The van der Waals surface area contributed by atoms with E-state index in [-0.39, 0.29) is 0 Å². The molecule has 0 unspecified atom stereocenters. The summed E-state index contributed by atoms with van der Waals surface area (Å²) in [6.45, 7) is 6.12. The average Bonchev–Trinajstić information content (AvgIpc) is 2.79. The number of nitrogens with zero attached hydrogens (tertiary/aromatic N) is 2. The number of aromatic nitrogens is 2. The molecule has 1 aromatic rings. The van der Waals surface area contributed by atoms with E-state index in [1.165, 1.54) is 25.7 Å². The quantitative estimate of drug-likeness (QED) is 0.773. The molecule has 96 valence electrons. The minimum atomic E-state index is 0.740. The van der Waals surface area contributed by atoms with Gasteiger partial charge in [0.2, 0.25) is 5.95 Å². The average molecular weight is 237 g/mol. The van der Waals surface area contributed by atoms with E-state index in [9.17, 15) is 0 Å². The van der Waals surface area contributed by atoms with Crippen LogP contribution in [-0.2, 0) is 11.3 Å². The van der Waals surface area contributed by atoms with Gasteiger partial charge in [-0.15, -0.1) is 0 Å². The summed E-state index contributed by atoms with van der Waals surface area (Å²) in [7, 11) is 0. The molecule has 1 fully saturated rings. The van der Waals surface area contributed by atoms with Gasteiger partial charge in [-0.1, -0.05) is 13.3 Å². The van der Waals surface area contributed by atoms with Crippen molar-refractivity contribution in [2.24, 2.45) is 5.92 Å². The van der Waals surface area contributed by atoms with Crippen LogP contribution in [0.2, 0.25) is 0 Å². The highest BCUT2D eigenvalue weighted by molar-refractivity contribution is 5.25. The predicted molar refractivity (Wildman–Crippen MR) is 69.2 cm³/mol. The summed E-state index contributed by atoms with van der Waals surface area (Å²) in [5.74, 6) is 1.76. The first kappa shape index (κ1) is 12.4. The summed E-state index contributed by atoms with van der Waals surface area (Å²) < 4.78 is 7.63. The Bertz CT molecular complexity index is 318. The molecule has 0 spiro atoms. The van der Waals surface area contributed by atoms with E-state index < -0.39 is 0 Å². The van der Waals surface area contributed by atoms with Gasteiger partial charge in [0.05, 0.1) is 0 Å². The molecule has 1 aliphatic heterocycles. The minimum absolute atomic E-state index is 0.740. The molecule has 17 heavy (non-hydrogen) atoms. The predicted octanol–water partition coefficient (Wildman–Crippen LogP) is 2.52. The maximum Gasteiger partial charge on any atom is 0.202 e. The topological polar surface area (TPSA) is 39.1 Å². The second-order valence-electron chi connectivity index (χ2n) is 4.74. The van der Waals surface area contributed by atoms with Crippen LogP contribution in [0.3, 0.4) is 0 Å². The molecule has 0 aliphatic carbocycles. The van der Waals surface area contributed by atoms with Crippen LogP contribution in [-0.4, -0.2) is 29.3 Å². The van der Waals surface area contributed by atoms with Crippen molar-refractivity contribution in [1.29, 1.82) is 0 Å². The SMILES string of the molecule is CCCCNc1nccn1CC1CCOCC1. The van der Waals surface area contributed by atoms with Crippen LogP contribution in [0.1, 0.15) is 32.6 Å². The highest BCUT2D eigenvalue weighted by Crippen LogP contribution is 2.18. The molecule has 1 saturated heterocycles. The Hall–Kier alpha value is -1.03. The van der Waals surface area contributed by atoms with E-state index in [4.69, 9.17) is 4.74 Å². The fourth-order valence-electron chi connectivity index (χ4n) is 2.21. The molecule has 0 aromatic carbocycles. The van der Waals surface area contributed by atoms with Crippen LogP contribution < -0.4 is 5.32 Å². The van der Waals surface area contributed by atoms with E-state index in [1.807, 2.05) is 6.20 Å². The smallest absolute Gasteiger partial charge is 0.202 e. The standard InChI is InChI=1S/C13H23N3O/c1-2-3-6-14-13-15-7-8-16(13)11-12-4-9-17-10-5-12/h7-8,12H,2-6,9-11H2,1H3,(H,14,15). The molecule has 0 bridgehead atoms. The second-order valence-corrected chi connectivity index (χ2v) is 4.74. The maximum atomic E-state index is 5.39. The van der Waals surface area contributed by atoms with Gasteiger partial charge in [0.25, 0.3) is 0 Å². The summed E-state index contributed by atoms with van der Waals surface area (Å²) in [6.07, 6.45) is 8.72. The van der Waals surface area contributed by atoms with Gasteiger partial charge in [-0.2, -0.15) is 0 Å². The Kier molecular flexibility index (Phi) is 4.86. The summed E-state index contributed by atoms with van der Waals surface area (Å²) in [5.41, 5.74) is 0. The molecule has 2 heterocycles. The number of hydrogen-bond donors (Lipinski definition) is 1. The van der Waals surface area contributed by atoms with Crippen LogP contribution in [0, 0.1) is 5.92 Å². The normalized spacial score (nSPS) is 17.2. The Balaban J connectivity index is 1.84. The van der Waals surface area contributed by atoms with Crippen molar-refractivity contribution in [2.45, 2.75) is 39.2 Å². The van der Waals surface area contributed by atoms with Gasteiger partial charge in [0, 0.05) is 38.7 Å². The van der Waals surface area contributed by atoms with Gasteiger partial charge in [-0.3, -0.25) is 0 Å². The molecule has 1 aliphatic rings. The molecule has 2 rings (SSSR count). The van der Waals surface area contributed by atoms with Gasteiger partial charge in [0.1, 0.15) is 0 Å². The van der Waals surface area contributed by atoms with Crippen molar-refractivity contribution in [2.75, 3.05) is 25.1 Å². The van der Waals surface area contributed by atoms with Crippen LogP contribution in [0.15, 0.2) is 12.4 Å². The summed E-state index contributed by atoms with van der Waals surface area (Å²) >= 11 is 0. The minimum Gasteiger partial charge on any atom is -0.381 e. The van der Waals surface area contributed by atoms with Gasteiger partial charge in [0.15, 0.2) is 0 Å². The summed E-state index contributed by atoms with van der Waals surface area (Å²) in [6, 6.07) is 0. The fourth-order valence-corrected chi connectivity index (χ4v) is 2.21. The van der Waals surface area contributed by atoms with Crippen LogP contribution in [0.5, 0.6) is 0 Å². The lowest BCUT2D eigenvalue weighted by atomic mass is 10.0. The van der Waals surface area contributed by atoms with Crippen LogP contribution in [0.4, 0.5) is 5.95 Å². The van der Waals surface area contributed by atoms with E-state index >= 15 is 0 Å². The first-order valence-corrected chi connectivity index (χ1v) is 6.73. The third-order valence-electron chi connectivity index (χ3n) is 3.32. The van der Waals surface area contributed by atoms with Crippen molar-refractivity contribution in [3.05, 3.63) is 12.4 Å². The lowest BCUT2D eigenvalue weighted by Gasteiger charge is -2.23. The van der Waals surface area contributed by atoms with Gasteiger partial charge >= 0.3 is 0 Å². The summed E-state index contributed by atoms with van der Waals surface area (Å²) in [5, 5.41) is 3.40. The first-order chi connectivity index (χ1) is 8.40. The van der Waals surface area contributed by atoms with Crippen molar-refractivity contribution in [1.82, 2.24) is 9.55 Å². The van der Waals surface area contributed by atoms with Crippen molar-refractivity contribution >= 4 is 5.95 Å². The van der Waals surface area contributed by atoms with Crippen LogP contribution >= 0.6 is 0 Å². The molecule has 0 radical (unpaired) electrons. The molecule has 4 heteroatoms. The van der Waals surface area contributed by atoms with Gasteiger partial charge in [-0.25, -0.2) is 4.98 Å². The van der Waals surface area contributed by atoms with Crippen molar-refractivity contribution < 1.29 is 4.74 Å². The van der Waals surface area contributed by atoms with E-state index in [1.54, 1.807) is 0 Å². The molecule has 1 aromatic heterocycles.